The second-order valence-electron chi connectivity index (χ2n) is 3.92. The van der Waals surface area contributed by atoms with Gasteiger partial charge in [-0.15, -0.1) is 0 Å². The van der Waals surface area contributed by atoms with Gasteiger partial charge in [0, 0.05) is 37.4 Å². The van der Waals surface area contributed by atoms with Gasteiger partial charge in [0.2, 0.25) is 0 Å². The Kier molecular flexibility index (Phi) is 3.02. The van der Waals surface area contributed by atoms with Gasteiger partial charge in [0.25, 0.3) is 0 Å². The SMILES string of the molecule is Cc1ccc(N2CCNCC2)c(C=O)c1. The summed E-state index contributed by atoms with van der Waals surface area (Å²) in [5.41, 5.74) is 3.00. The molecule has 1 aliphatic rings. The van der Waals surface area contributed by atoms with Crippen molar-refractivity contribution < 1.29 is 4.79 Å². The number of rotatable bonds is 2. The topological polar surface area (TPSA) is 32.3 Å². The lowest BCUT2D eigenvalue weighted by Gasteiger charge is -2.30. The number of carbonyl (C=O) groups is 1. The van der Waals surface area contributed by atoms with Crippen LogP contribution in [0.15, 0.2) is 18.2 Å². The molecule has 1 saturated heterocycles. The van der Waals surface area contributed by atoms with Crippen molar-refractivity contribution in [3.8, 4) is 0 Å². The molecule has 1 aromatic rings. The molecule has 3 nitrogen and oxygen atoms in total. The van der Waals surface area contributed by atoms with Crippen molar-refractivity contribution >= 4 is 12.0 Å². The molecule has 1 aromatic carbocycles. The van der Waals surface area contributed by atoms with Crippen LogP contribution in [-0.4, -0.2) is 32.5 Å². The van der Waals surface area contributed by atoms with Crippen LogP contribution in [0, 0.1) is 6.92 Å². The molecule has 0 radical (unpaired) electrons. The van der Waals surface area contributed by atoms with Gasteiger partial charge in [-0.1, -0.05) is 11.6 Å². The Morgan fingerprint density at radius 3 is 2.73 bits per heavy atom. The Bertz CT molecular complexity index is 357. The fourth-order valence-electron chi connectivity index (χ4n) is 1.96. The summed E-state index contributed by atoms with van der Waals surface area (Å²) >= 11 is 0. The molecule has 0 atom stereocenters. The average Bonchev–Trinajstić information content (AvgIpc) is 2.30. The van der Waals surface area contributed by atoms with Gasteiger partial charge in [-0.05, 0) is 19.1 Å². The van der Waals surface area contributed by atoms with Crippen molar-refractivity contribution in [2.75, 3.05) is 31.1 Å². The van der Waals surface area contributed by atoms with Crippen molar-refractivity contribution in [3.63, 3.8) is 0 Å². The summed E-state index contributed by atoms with van der Waals surface area (Å²) in [5, 5.41) is 3.30. The molecule has 0 aliphatic carbocycles. The largest absolute Gasteiger partial charge is 0.368 e. The third kappa shape index (κ3) is 2.18. The predicted molar refractivity (Wildman–Crippen MR) is 61.6 cm³/mol. The number of piperazine rings is 1. The Balaban J connectivity index is 2.29. The third-order valence-electron chi connectivity index (χ3n) is 2.77. The molecule has 15 heavy (non-hydrogen) atoms. The monoisotopic (exact) mass is 204 g/mol. The summed E-state index contributed by atoms with van der Waals surface area (Å²) in [5.74, 6) is 0. The molecule has 0 spiro atoms. The molecule has 1 heterocycles. The first kappa shape index (κ1) is 10.2. The fourth-order valence-corrected chi connectivity index (χ4v) is 1.96. The summed E-state index contributed by atoms with van der Waals surface area (Å²) in [6.45, 7) is 5.95. The number of aryl methyl sites for hydroxylation is 1. The summed E-state index contributed by atoms with van der Waals surface area (Å²) < 4.78 is 0. The Morgan fingerprint density at radius 2 is 2.07 bits per heavy atom. The van der Waals surface area contributed by atoms with E-state index in [2.05, 4.69) is 16.3 Å². The molecule has 0 amide bonds. The van der Waals surface area contributed by atoms with Gasteiger partial charge in [0.05, 0.1) is 0 Å². The van der Waals surface area contributed by atoms with Crippen LogP contribution in [-0.2, 0) is 0 Å². The molecule has 1 aliphatic heterocycles. The van der Waals surface area contributed by atoms with Crippen molar-refractivity contribution in [1.29, 1.82) is 0 Å². The second kappa shape index (κ2) is 4.45. The van der Waals surface area contributed by atoms with E-state index < -0.39 is 0 Å². The van der Waals surface area contributed by atoms with Crippen LogP contribution in [0.5, 0.6) is 0 Å². The van der Waals surface area contributed by atoms with Crippen molar-refractivity contribution in [2.45, 2.75) is 6.92 Å². The van der Waals surface area contributed by atoms with Gasteiger partial charge in [-0.25, -0.2) is 0 Å². The molecule has 0 saturated carbocycles. The first-order valence-electron chi connectivity index (χ1n) is 5.33. The van der Waals surface area contributed by atoms with Crippen LogP contribution in [0.25, 0.3) is 0 Å². The molecular formula is C12H16N2O. The zero-order chi connectivity index (χ0) is 10.7. The normalized spacial score (nSPS) is 16.5. The van der Waals surface area contributed by atoms with E-state index in [0.717, 1.165) is 49.3 Å². The minimum atomic E-state index is 0.803. The van der Waals surface area contributed by atoms with Gasteiger partial charge < -0.3 is 10.2 Å². The van der Waals surface area contributed by atoms with E-state index in [0.29, 0.717) is 0 Å². The summed E-state index contributed by atoms with van der Waals surface area (Å²) in [7, 11) is 0. The zero-order valence-electron chi connectivity index (χ0n) is 8.99. The molecule has 80 valence electrons. The van der Waals surface area contributed by atoms with E-state index in [9.17, 15) is 4.79 Å². The number of anilines is 1. The maximum absolute atomic E-state index is 11.0. The summed E-state index contributed by atoms with van der Waals surface area (Å²) in [6.07, 6.45) is 0.949. The van der Waals surface area contributed by atoms with Gasteiger partial charge in [0.1, 0.15) is 0 Å². The Morgan fingerprint density at radius 1 is 1.33 bits per heavy atom. The zero-order valence-corrected chi connectivity index (χ0v) is 8.99. The minimum Gasteiger partial charge on any atom is -0.368 e. The molecule has 0 unspecified atom stereocenters. The van der Waals surface area contributed by atoms with Crippen LogP contribution in [0.4, 0.5) is 5.69 Å². The Labute approximate surface area is 90.1 Å². The average molecular weight is 204 g/mol. The van der Waals surface area contributed by atoms with Crippen molar-refractivity contribution in [1.82, 2.24) is 5.32 Å². The number of aldehydes is 1. The summed E-state index contributed by atoms with van der Waals surface area (Å²) in [6, 6.07) is 6.05. The van der Waals surface area contributed by atoms with Gasteiger partial charge >= 0.3 is 0 Å². The van der Waals surface area contributed by atoms with Crippen molar-refractivity contribution in [3.05, 3.63) is 29.3 Å². The van der Waals surface area contributed by atoms with Crippen LogP contribution in [0.1, 0.15) is 15.9 Å². The van der Waals surface area contributed by atoms with Crippen LogP contribution >= 0.6 is 0 Å². The van der Waals surface area contributed by atoms with E-state index >= 15 is 0 Å². The number of benzene rings is 1. The molecule has 0 aromatic heterocycles. The van der Waals surface area contributed by atoms with E-state index in [1.165, 1.54) is 0 Å². The van der Waals surface area contributed by atoms with E-state index in [1.54, 1.807) is 0 Å². The standard InChI is InChI=1S/C12H16N2O/c1-10-2-3-12(11(8-10)9-15)14-6-4-13-5-7-14/h2-3,8-9,13H,4-7H2,1H3. The maximum Gasteiger partial charge on any atom is 0.152 e. The first-order valence-corrected chi connectivity index (χ1v) is 5.33. The number of carbonyl (C=O) groups excluding carboxylic acids is 1. The molecule has 3 heteroatoms. The van der Waals surface area contributed by atoms with Crippen LogP contribution in [0.2, 0.25) is 0 Å². The maximum atomic E-state index is 11.0. The van der Waals surface area contributed by atoms with E-state index in [4.69, 9.17) is 0 Å². The fraction of sp³-hybridized carbons (Fsp3) is 0.417. The number of hydrogen-bond acceptors (Lipinski definition) is 3. The predicted octanol–water partition coefficient (Wildman–Crippen LogP) is 1.22. The lowest BCUT2D eigenvalue weighted by molar-refractivity contribution is 0.112. The van der Waals surface area contributed by atoms with Crippen molar-refractivity contribution in [2.24, 2.45) is 0 Å². The number of hydrogen-bond donors (Lipinski definition) is 1. The highest BCUT2D eigenvalue weighted by molar-refractivity contribution is 5.85. The Hall–Kier alpha value is -1.35. The van der Waals surface area contributed by atoms with E-state index in [-0.39, 0.29) is 0 Å². The third-order valence-corrected chi connectivity index (χ3v) is 2.77. The lowest BCUT2D eigenvalue weighted by Crippen LogP contribution is -2.43. The molecular weight excluding hydrogens is 188 g/mol. The first-order chi connectivity index (χ1) is 7.31. The van der Waals surface area contributed by atoms with Crippen LogP contribution < -0.4 is 10.2 Å². The number of nitrogens with zero attached hydrogens (tertiary/aromatic N) is 1. The smallest absolute Gasteiger partial charge is 0.152 e. The highest BCUT2D eigenvalue weighted by Crippen LogP contribution is 2.20. The van der Waals surface area contributed by atoms with Gasteiger partial charge in [0.15, 0.2) is 6.29 Å². The highest BCUT2D eigenvalue weighted by Gasteiger charge is 2.13. The minimum absolute atomic E-state index is 0.803. The van der Waals surface area contributed by atoms with Gasteiger partial charge in [-0.2, -0.15) is 0 Å². The quantitative estimate of drug-likeness (QED) is 0.735. The highest BCUT2D eigenvalue weighted by atomic mass is 16.1. The molecule has 1 N–H and O–H groups in total. The summed E-state index contributed by atoms with van der Waals surface area (Å²) in [4.78, 5) is 13.2. The molecule has 2 rings (SSSR count). The lowest BCUT2D eigenvalue weighted by atomic mass is 10.1. The number of nitrogens with one attached hydrogen (secondary N) is 1. The van der Waals surface area contributed by atoms with Crippen LogP contribution in [0.3, 0.4) is 0 Å². The molecule has 0 bridgehead atoms. The van der Waals surface area contributed by atoms with Gasteiger partial charge in [-0.3, -0.25) is 4.79 Å². The molecule has 1 fully saturated rings. The second-order valence-corrected chi connectivity index (χ2v) is 3.92. The van der Waals surface area contributed by atoms with E-state index in [1.807, 2.05) is 19.1 Å².